The lowest BCUT2D eigenvalue weighted by molar-refractivity contribution is 0.227. The number of hydrogen-bond donors (Lipinski definition) is 1. The number of likely N-dealkylation sites (tertiary alicyclic amines) is 1. The van der Waals surface area contributed by atoms with Gasteiger partial charge in [0.05, 0.1) is 7.11 Å². The molecule has 1 aromatic carbocycles. The zero-order chi connectivity index (χ0) is 11.5. The van der Waals surface area contributed by atoms with E-state index in [0.717, 1.165) is 25.3 Å². The summed E-state index contributed by atoms with van der Waals surface area (Å²) in [5, 5.41) is 0. The van der Waals surface area contributed by atoms with E-state index in [-0.39, 0.29) is 0 Å². The number of ether oxygens (including phenoxy) is 1. The van der Waals surface area contributed by atoms with Crippen molar-refractivity contribution in [1.29, 1.82) is 0 Å². The van der Waals surface area contributed by atoms with Crippen LogP contribution in [0.1, 0.15) is 17.9 Å². The van der Waals surface area contributed by atoms with Gasteiger partial charge in [-0.15, -0.1) is 0 Å². The van der Waals surface area contributed by atoms with Crippen LogP contribution in [0.5, 0.6) is 5.75 Å². The predicted molar refractivity (Wildman–Crippen MR) is 65.8 cm³/mol. The lowest BCUT2D eigenvalue weighted by atomic mass is 9.88. The lowest BCUT2D eigenvalue weighted by Crippen LogP contribution is -2.44. The van der Waals surface area contributed by atoms with Gasteiger partial charge in [-0.2, -0.15) is 0 Å². The van der Waals surface area contributed by atoms with Gasteiger partial charge < -0.3 is 15.4 Å². The quantitative estimate of drug-likeness (QED) is 0.819. The molecule has 0 amide bonds. The summed E-state index contributed by atoms with van der Waals surface area (Å²) in [6.07, 6.45) is 1.08. The Morgan fingerprint density at radius 1 is 1.25 bits per heavy atom. The molecule has 2 unspecified atom stereocenters. The second-order valence-electron chi connectivity index (χ2n) is 4.69. The van der Waals surface area contributed by atoms with Gasteiger partial charge in [0.1, 0.15) is 5.75 Å². The van der Waals surface area contributed by atoms with Crippen LogP contribution in [-0.2, 0) is 0 Å². The number of benzene rings is 1. The second-order valence-corrected chi connectivity index (χ2v) is 4.69. The summed E-state index contributed by atoms with van der Waals surface area (Å²) in [5.74, 6) is 1.47. The minimum atomic E-state index is 0.297. The fourth-order valence-electron chi connectivity index (χ4n) is 2.48. The van der Waals surface area contributed by atoms with E-state index in [9.17, 15) is 0 Å². The highest BCUT2D eigenvalue weighted by molar-refractivity contribution is 5.30. The zero-order valence-corrected chi connectivity index (χ0v) is 10.0. The minimum Gasteiger partial charge on any atom is -0.497 e. The third-order valence-electron chi connectivity index (χ3n) is 3.25. The SMILES string of the molecule is COc1ccc(C2CC(N)CN(C)C2)cc1. The molecule has 2 rings (SSSR count). The third kappa shape index (κ3) is 2.54. The van der Waals surface area contributed by atoms with Crippen molar-refractivity contribution in [3.63, 3.8) is 0 Å². The molecule has 0 saturated carbocycles. The normalized spacial score (nSPS) is 26.7. The Kier molecular flexibility index (Phi) is 3.46. The number of likely N-dealkylation sites (N-methyl/N-ethyl adjacent to an activating group) is 1. The minimum absolute atomic E-state index is 0.297. The topological polar surface area (TPSA) is 38.5 Å². The maximum absolute atomic E-state index is 6.04. The molecule has 2 N–H and O–H groups in total. The van der Waals surface area contributed by atoms with Crippen molar-refractivity contribution >= 4 is 0 Å². The van der Waals surface area contributed by atoms with E-state index in [1.165, 1.54) is 5.56 Å². The Labute approximate surface area is 97.2 Å². The predicted octanol–water partition coefficient (Wildman–Crippen LogP) is 1.44. The van der Waals surface area contributed by atoms with Crippen LogP contribution < -0.4 is 10.5 Å². The smallest absolute Gasteiger partial charge is 0.118 e. The van der Waals surface area contributed by atoms with Crippen LogP contribution in [0.3, 0.4) is 0 Å². The van der Waals surface area contributed by atoms with Crippen LogP contribution in [0.15, 0.2) is 24.3 Å². The molecule has 1 heterocycles. The summed E-state index contributed by atoms with van der Waals surface area (Å²) in [5.41, 5.74) is 7.41. The summed E-state index contributed by atoms with van der Waals surface area (Å²) in [6, 6.07) is 8.64. The molecular weight excluding hydrogens is 200 g/mol. The van der Waals surface area contributed by atoms with Gasteiger partial charge in [0.2, 0.25) is 0 Å². The van der Waals surface area contributed by atoms with Gasteiger partial charge >= 0.3 is 0 Å². The molecule has 1 aliphatic rings. The van der Waals surface area contributed by atoms with Crippen molar-refractivity contribution < 1.29 is 4.74 Å². The molecule has 0 aliphatic carbocycles. The van der Waals surface area contributed by atoms with Crippen LogP contribution in [0.4, 0.5) is 0 Å². The summed E-state index contributed by atoms with van der Waals surface area (Å²) in [6.45, 7) is 2.10. The van der Waals surface area contributed by atoms with Gasteiger partial charge in [-0.05, 0) is 37.1 Å². The number of methoxy groups -OCH3 is 1. The van der Waals surface area contributed by atoms with E-state index >= 15 is 0 Å². The first-order valence-electron chi connectivity index (χ1n) is 5.77. The van der Waals surface area contributed by atoms with Crippen molar-refractivity contribution in [3.8, 4) is 5.75 Å². The first kappa shape index (κ1) is 11.4. The first-order chi connectivity index (χ1) is 7.69. The lowest BCUT2D eigenvalue weighted by Gasteiger charge is -2.34. The Balaban J connectivity index is 2.10. The number of piperidine rings is 1. The average Bonchev–Trinajstić information content (AvgIpc) is 2.28. The monoisotopic (exact) mass is 220 g/mol. The summed E-state index contributed by atoms with van der Waals surface area (Å²) in [7, 11) is 3.83. The van der Waals surface area contributed by atoms with Crippen LogP contribution in [0, 0.1) is 0 Å². The van der Waals surface area contributed by atoms with Crippen molar-refractivity contribution in [3.05, 3.63) is 29.8 Å². The molecule has 1 aliphatic heterocycles. The number of hydrogen-bond acceptors (Lipinski definition) is 3. The van der Waals surface area contributed by atoms with Crippen molar-refractivity contribution in [2.45, 2.75) is 18.4 Å². The average molecular weight is 220 g/mol. The van der Waals surface area contributed by atoms with Crippen molar-refractivity contribution in [2.24, 2.45) is 5.73 Å². The maximum atomic E-state index is 6.04. The van der Waals surface area contributed by atoms with Crippen molar-refractivity contribution in [2.75, 3.05) is 27.2 Å². The first-order valence-corrected chi connectivity index (χ1v) is 5.77. The third-order valence-corrected chi connectivity index (χ3v) is 3.25. The Bertz CT molecular complexity index is 326. The molecule has 2 atom stereocenters. The number of nitrogens with zero attached hydrogens (tertiary/aromatic N) is 1. The van der Waals surface area contributed by atoms with E-state index < -0.39 is 0 Å². The molecule has 3 heteroatoms. The molecule has 0 aromatic heterocycles. The van der Waals surface area contributed by atoms with Gasteiger partial charge in [0.25, 0.3) is 0 Å². The molecule has 1 saturated heterocycles. The molecule has 0 radical (unpaired) electrons. The van der Waals surface area contributed by atoms with Crippen LogP contribution in [0.2, 0.25) is 0 Å². The second kappa shape index (κ2) is 4.85. The molecule has 3 nitrogen and oxygen atoms in total. The highest BCUT2D eigenvalue weighted by Gasteiger charge is 2.23. The molecule has 1 fully saturated rings. The standard InChI is InChI=1S/C13H20N2O/c1-15-8-11(7-12(14)9-15)10-3-5-13(16-2)6-4-10/h3-6,11-12H,7-9,14H2,1-2H3. The van der Waals surface area contributed by atoms with E-state index in [1.807, 2.05) is 12.1 Å². The van der Waals surface area contributed by atoms with E-state index in [0.29, 0.717) is 12.0 Å². The van der Waals surface area contributed by atoms with E-state index in [2.05, 4.69) is 24.1 Å². The summed E-state index contributed by atoms with van der Waals surface area (Å²) < 4.78 is 5.16. The fourth-order valence-corrected chi connectivity index (χ4v) is 2.48. The molecular formula is C13H20N2O. The van der Waals surface area contributed by atoms with Gasteiger partial charge in [-0.25, -0.2) is 0 Å². The fraction of sp³-hybridized carbons (Fsp3) is 0.538. The van der Waals surface area contributed by atoms with E-state index in [1.54, 1.807) is 7.11 Å². The highest BCUT2D eigenvalue weighted by Crippen LogP contribution is 2.27. The molecule has 16 heavy (non-hydrogen) atoms. The van der Waals surface area contributed by atoms with Crippen LogP contribution in [-0.4, -0.2) is 38.2 Å². The zero-order valence-electron chi connectivity index (χ0n) is 10.0. The van der Waals surface area contributed by atoms with Crippen molar-refractivity contribution in [1.82, 2.24) is 4.90 Å². The van der Waals surface area contributed by atoms with Crippen LogP contribution >= 0.6 is 0 Å². The molecule has 0 spiro atoms. The van der Waals surface area contributed by atoms with E-state index in [4.69, 9.17) is 10.5 Å². The Morgan fingerprint density at radius 3 is 2.50 bits per heavy atom. The maximum Gasteiger partial charge on any atom is 0.118 e. The summed E-state index contributed by atoms with van der Waals surface area (Å²) in [4.78, 5) is 2.31. The van der Waals surface area contributed by atoms with Gasteiger partial charge in [-0.3, -0.25) is 0 Å². The van der Waals surface area contributed by atoms with Gasteiger partial charge in [-0.1, -0.05) is 12.1 Å². The highest BCUT2D eigenvalue weighted by atomic mass is 16.5. The Morgan fingerprint density at radius 2 is 1.94 bits per heavy atom. The molecule has 1 aromatic rings. The van der Waals surface area contributed by atoms with Gasteiger partial charge in [0.15, 0.2) is 0 Å². The number of nitrogens with two attached hydrogens (primary N) is 1. The molecule has 0 bridgehead atoms. The summed E-state index contributed by atoms with van der Waals surface area (Å²) >= 11 is 0. The van der Waals surface area contributed by atoms with Crippen LogP contribution in [0.25, 0.3) is 0 Å². The van der Waals surface area contributed by atoms with Gasteiger partial charge in [0, 0.05) is 19.1 Å². The largest absolute Gasteiger partial charge is 0.497 e. The Hall–Kier alpha value is -1.06. The number of rotatable bonds is 2. The molecule has 88 valence electrons.